The Balaban J connectivity index is 0.00000242. The van der Waals surface area contributed by atoms with Crippen LogP contribution in [0.15, 0.2) is 29.3 Å². The molecule has 1 aliphatic carbocycles. The van der Waals surface area contributed by atoms with Crippen molar-refractivity contribution in [2.75, 3.05) is 32.1 Å². The Bertz CT molecular complexity index is 475. The van der Waals surface area contributed by atoms with Crippen molar-refractivity contribution >= 4 is 41.7 Å². The molecule has 0 aromatic heterocycles. The van der Waals surface area contributed by atoms with Gasteiger partial charge in [-0.2, -0.15) is 11.8 Å². The topological polar surface area (TPSA) is 36.4 Å². The van der Waals surface area contributed by atoms with Gasteiger partial charge in [-0.05, 0) is 36.8 Å². The second-order valence-corrected chi connectivity index (χ2v) is 6.47. The predicted octanol–water partition coefficient (Wildman–Crippen LogP) is 3.39. The standard InChI is InChI=1S/C16H24FN3S.HI/c1-18-15(19-10-11-21-2)20-12-16(8-3-9-16)13-4-6-14(17)7-5-13;/h4-7H,3,8-12H2,1-2H3,(H2,18,19,20);1H. The van der Waals surface area contributed by atoms with Gasteiger partial charge in [-0.25, -0.2) is 4.39 Å². The van der Waals surface area contributed by atoms with E-state index in [1.54, 1.807) is 19.2 Å². The Hall–Kier alpha value is -0.500. The first-order chi connectivity index (χ1) is 10.2. The lowest BCUT2D eigenvalue weighted by Gasteiger charge is -2.43. The Morgan fingerprint density at radius 3 is 2.45 bits per heavy atom. The van der Waals surface area contributed by atoms with Crippen LogP contribution in [-0.2, 0) is 5.41 Å². The summed E-state index contributed by atoms with van der Waals surface area (Å²) in [5, 5.41) is 6.73. The lowest BCUT2D eigenvalue weighted by atomic mass is 9.64. The normalized spacial score (nSPS) is 16.4. The van der Waals surface area contributed by atoms with Gasteiger partial charge in [-0.3, -0.25) is 4.99 Å². The second kappa shape index (κ2) is 9.60. The molecule has 0 bridgehead atoms. The van der Waals surface area contributed by atoms with Crippen LogP contribution in [0.3, 0.4) is 0 Å². The van der Waals surface area contributed by atoms with Crippen molar-refractivity contribution in [3.63, 3.8) is 0 Å². The fraction of sp³-hybridized carbons (Fsp3) is 0.562. The summed E-state index contributed by atoms with van der Waals surface area (Å²) in [5.74, 6) is 1.73. The molecule has 0 amide bonds. The number of hydrogen-bond acceptors (Lipinski definition) is 2. The lowest BCUT2D eigenvalue weighted by molar-refractivity contribution is 0.243. The summed E-state index contributed by atoms with van der Waals surface area (Å²) < 4.78 is 13.1. The number of guanidine groups is 1. The lowest BCUT2D eigenvalue weighted by Crippen LogP contribution is -2.49. The Morgan fingerprint density at radius 1 is 1.27 bits per heavy atom. The number of halogens is 2. The van der Waals surface area contributed by atoms with Gasteiger partial charge in [0, 0.05) is 31.3 Å². The summed E-state index contributed by atoms with van der Waals surface area (Å²) in [7, 11) is 1.79. The van der Waals surface area contributed by atoms with Gasteiger partial charge in [0.25, 0.3) is 0 Å². The third kappa shape index (κ3) is 5.01. The summed E-state index contributed by atoms with van der Waals surface area (Å²) >= 11 is 1.81. The molecule has 0 saturated heterocycles. The molecule has 1 aliphatic rings. The minimum Gasteiger partial charge on any atom is -0.356 e. The quantitative estimate of drug-likeness (QED) is 0.310. The van der Waals surface area contributed by atoms with E-state index in [4.69, 9.17) is 0 Å². The molecule has 3 nitrogen and oxygen atoms in total. The van der Waals surface area contributed by atoms with Gasteiger partial charge in [0.1, 0.15) is 5.82 Å². The molecule has 0 spiro atoms. The zero-order valence-electron chi connectivity index (χ0n) is 13.2. The molecule has 1 aromatic rings. The van der Waals surface area contributed by atoms with Crippen LogP contribution in [-0.4, -0.2) is 38.1 Å². The first-order valence-electron chi connectivity index (χ1n) is 7.40. The van der Waals surface area contributed by atoms with Crippen molar-refractivity contribution in [2.24, 2.45) is 4.99 Å². The van der Waals surface area contributed by atoms with E-state index in [1.165, 1.54) is 12.0 Å². The maximum atomic E-state index is 13.1. The van der Waals surface area contributed by atoms with Crippen molar-refractivity contribution < 1.29 is 4.39 Å². The number of hydrogen-bond donors (Lipinski definition) is 2. The molecule has 1 saturated carbocycles. The average molecular weight is 437 g/mol. The molecule has 22 heavy (non-hydrogen) atoms. The van der Waals surface area contributed by atoms with Crippen LogP contribution in [0.2, 0.25) is 0 Å². The summed E-state index contributed by atoms with van der Waals surface area (Å²) in [5.41, 5.74) is 1.35. The molecule has 0 unspecified atom stereocenters. The summed E-state index contributed by atoms with van der Waals surface area (Å²) in [6.45, 7) is 1.75. The minimum absolute atomic E-state index is 0. The van der Waals surface area contributed by atoms with Crippen LogP contribution in [0, 0.1) is 5.82 Å². The first kappa shape index (κ1) is 19.5. The van der Waals surface area contributed by atoms with Crippen molar-refractivity contribution in [3.8, 4) is 0 Å². The average Bonchev–Trinajstić information content (AvgIpc) is 2.46. The van der Waals surface area contributed by atoms with E-state index < -0.39 is 0 Å². The van der Waals surface area contributed by atoms with Crippen LogP contribution < -0.4 is 10.6 Å². The van der Waals surface area contributed by atoms with E-state index in [0.29, 0.717) is 0 Å². The maximum Gasteiger partial charge on any atom is 0.191 e. The maximum absolute atomic E-state index is 13.1. The Morgan fingerprint density at radius 2 is 1.95 bits per heavy atom. The molecule has 124 valence electrons. The SMILES string of the molecule is CN=C(NCCSC)NCC1(c2ccc(F)cc2)CCC1.I. The third-order valence-electron chi connectivity index (χ3n) is 4.18. The largest absolute Gasteiger partial charge is 0.356 e. The van der Waals surface area contributed by atoms with Gasteiger partial charge in [-0.15, -0.1) is 24.0 Å². The molecule has 1 fully saturated rings. The molecule has 1 aromatic carbocycles. The van der Waals surface area contributed by atoms with Crippen molar-refractivity contribution in [1.29, 1.82) is 0 Å². The molecule has 0 aliphatic heterocycles. The smallest absolute Gasteiger partial charge is 0.191 e. The van der Waals surface area contributed by atoms with Crippen LogP contribution in [0.1, 0.15) is 24.8 Å². The number of nitrogens with one attached hydrogen (secondary N) is 2. The highest BCUT2D eigenvalue weighted by molar-refractivity contribution is 14.0. The van der Waals surface area contributed by atoms with Crippen LogP contribution in [0.25, 0.3) is 0 Å². The van der Waals surface area contributed by atoms with Crippen molar-refractivity contribution in [1.82, 2.24) is 10.6 Å². The number of aliphatic imine (C=N–C) groups is 1. The van der Waals surface area contributed by atoms with Gasteiger partial charge < -0.3 is 10.6 Å². The monoisotopic (exact) mass is 437 g/mol. The van der Waals surface area contributed by atoms with E-state index in [-0.39, 0.29) is 35.2 Å². The fourth-order valence-corrected chi connectivity index (χ4v) is 3.03. The minimum atomic E-state index is -0.171. The van der Waals surface area contributed by atoms with Crippen LogP contribution in [0.4, 0.5) is 4.39 Å². The summed E-state index contributed by atoms with van der Waals surface area (Å²) in [6, 6.07) is 6.95. The number of rotatable bonds is 6. The highest BCUT2D eigenvalue weighted by Crippen LogP contribution is 2.43. The zero-order valence-corrected chi connectivity index (χ0v) is 16.3. The van der Waals surface area contributed by atoms with E-state index in [1.807, 2.05) is 23.9 Å². The predicted molar refractivity (Wildman–Crippen MR) is 105 cm³/mol. The van der Waals surface area contributed by atoms with Gasteiger partial charge in [-0.1, -0.05) is 18.6 Å². The zero-order chi connectivity index (χ0) is 15.1. The third-order valence-corrected chi connectivity index (χ3v) is 4.80. The second-order valence-electron chi connectivity index (χ2n) is 5.49. The number of nitrogens with zero attached hydrogens (tertiary/aromatic N) is 1. The van der Waals surface area contributed by atoms with Crippen molar-refractivity contribution in [3.05, 3.63) is 35.6 Å². The van der Waals surface area contributed by atoms with Crippen LogP contribution >= 0.6 is 35.7 Å². The number of thioether (sulfide) groups is 1. The highest BCUT2D eigenvalue weighted by Gasteiger charge is 2.38. The van der Waals surface area contributed by atoms with Gasteiger partial charge in [0.05, 0.1) is 0 Å². The molecule has 2 N–H and O–H groups in total. The van der Waals surface area contributed by atoms with Gasteiger partial charge in [0.15, 0.2) is 5.96 Å². The van der Waals surface area contributed by atoms with E-state index in [2.05, 4.69) is 21.9 Å². The first-order valence-corrected chi connectivity index (χ1v) is 8.79. The van der Waals surface area contributed by atoms with Gasteiger partial charge in [0.2, 0.25) is 0 Å². The molecule has 6 heteroatoms. The molecule has 2 rings (SSSR count). The van der Waals surface area contributed by atoms with E-state index in [9.17, 15) is 4.39 Å². The van der Waals surface area contributed by atoms with E-state index in [0.717, 1.165) is 37.6 Å². The molecule has 0 atom stereocenters. The molecular formula is C16H25FIN3S. The van der Waals surface area contributed by atoms with Crippen LogP contribution in [0.5, 0.6) is 0 Å². The van der Waals surface area contributed by atoms with Crippen molar-refractivity contribution in [2.45, 2.75) is 24.7 Å². The molecule has 0 heterocycles. The highest BCUT2D eigenvalue weighted by atomic mass is 127. The summed E-state index contributed by atoms with van der Waals surface area (Å²) in [6.07, 6.45) is 5.62. The fourth-order valence-electron chi connectivity index (χ4n) is 2.72. The summed E-state index contributed by atoms with van der Waals surface area (Å²) in [4.78, 5) is 4.25. The number of benzene rings is 1. The van der Waals surface area contributed by atoms with E-state index >= 15 is 0 Å². The van der Waals surface area contributed by atoms with Gasteiger partial charge >= 0.3 is 0 Å². The Labute approximate surface area is 154 Å². The molecular weight excluding hydrogens is 412 g/mol. The Kier molecular flexibility index (Phi) is 8.53. The molecule has 0 radical (unpaired) electrons.